The molecule has 150 valence electrons. The number of alkyl halides is 3. The predicted molar refractivity (Wildman–Crippen MR) is 91.4 cm³/mol. The topological polar surface area (TPSA) is 103 Å². The van der Waals surface area contributed by atoms with Crippen molar-refractivity contribution < 1.29 is 26.1 Å². The van der Waals surface area contributed by atoms with Gasteiger partial charge in [0.15, 0.2) is 0 Å². The molecule has 8 nitrogen and oxygen atoms in total. The van der Waals surface area contributed by atoms with Gasteiger partial charge in [-0.3, -0.25) is 0 Å². The van der Waals surface area contributed by atoms with E-state index in [9.17, 15) is 21.6 Å². The average molecular weight is 415 g/mol. The molecule has 0 amide bonds. The van der Waals surface area contributed by atoms with Gasteiger partial charge in [0.1, 0.15) is 17.8 Å². The Kier molecular flexibility index (Phi) is 5.02. The fraction of sp³-hybridized carbons (Fsp3) is 0.312. The van der Waals surface area contributed by atoms with Crippen molar-refractivity contribution in [2.24, 2.45) is 7.05 Å². The zero-order valence-corrected chi connectivity index (χ0v) is 15.8. The van der Waals surface area contributed by atoms with Gasteiger partial charge >= 0.3 is 6.18 Å². The molecule has 0 aliphatic carbocycles. The number of halogens is 3. The second-order valence-corrected chi connectivity index (χ2v) is 7.88. The third kappa shape index (κ3) is 3.92. The number of aryl methyl sites for hydroxylation is 2. The van der Waals surface area contributed by atoms with E-state index in [1.54, 1.807) is 25.5 Å². The van der Waals surface area contributed by atoms with Gasteiger partial charge in [0.25, 0.3) is 0 Å². The van der Waals surface area contributed by atoms with Gasteiger partial charge in [-0.25, -0.2) is 13.1 Å². The molecule has 0 saturated heterocycles. The summed E-state index contributed by atoms with van der Waals surface area (Å²) in [6.45, 7) is 3.18. The highest BCUT2D eigenvalue weighted by Crippen LogP contribution is 2.33. The van der Waals surface area contributed by atoms with Gasteiger partial charge < -0.3 is 9.09 Å². The van der Waals surface area contributed by atoms with Crippen LogP contribution in [-0.2, 0) is 23.2 Å². The van der Waals surface area contributed by atoms with Crippen LogP contribution in [0.2, 0.25) is 0 Å². The van der Waals surface area contributed by atoms with Gasteiger partial charge in [-0.2, -0.15) is 13.2 Å². The van der Waals surface area contributed by atoms with Crippen LogP contribution in [0.1, 0.15) is 30.1 Å². The summed E-state index contributed by atoms with van der Waals surface area (Å²) in [5.41, 5.74) is 0.475. The molecule has 0 aliphatic heterocycles. The molecule has 0 unspecified atom stereocenters. The molecule has 0 fully saturated rings. The number of rotatable bonds is 5. The van der Waals surface area contributed by atoms with Crippen molar-refractivity contribution in [1.82, 2.24) is 24.6 Å². The highest BCUT2D eigenvalue weighted by atomic mass is 32.2. The minimum Gasteiger partial charge on any atom is -0.351 e. The van der Waals surface area contributed by atoms with Crippen LogP contribution >= 0.6 is 0 Å². The molecule has 0 saturated carbocycles. The van der Waals surface area contributed by atoms with Crippen molar-refractivity contribution in [3.63, 3.8) is 0 Å². The second-order valence-electron chi connectivity index (χ2n) is 6.20. The number of nitrogens with one attached hydrogen (secondary N) is 1. The smallest absolute Gasteiger partial charge is 0.351 e. The van der Waals surface area contributed by atoms with Gasteiger partial charge in [-0.1, -0.05) is 17.3 Å². The maximum atomic E-state index is 12.8. The highest BCUT2D eigenvalue weighted by Gasteiger charge is 2.36. The van der Waals surface area contributed by atoms with Crippen LogP contribution in [0, 0.1) is 6.92 Å². The molecule has 28 heavy (non-hydrogen) atoms. The van der Waals surface area contributed by atoms with Crippen LogP contribution in [0.5, 0.6) is 0 Å². The van der Waals surface area contributed by atoms with Crippen molar-refractivity contribution in [3.05, 3.63) is 47.7 Å². The van der Waals surface area contributed by atoms with E-state index in [4.69, 9.17) is 0 Å². The Labute approximate surface area is 158 Å². The lowest BCUT2D eigenvalue weighted by atomic mass is 10.1. The van der Waals surface area contributed by atoms with E-state index < -0.39 is 28.0 Å². The minimum absolute atomic E-state index is 0.0874. The molecule has 0 aliphatic rings. The van der Waals surface area contributed by atoms with Crippen LogP contribution in [-0.4, -0.2) is 28.3 Å². The first-order valence-corrected chi connectivity index (χ1v) is 9.48. The molecule has 2 aromatic heterocycles. The molecule has 0 bridgehead atoms. The summed E-state index contributed by atoms with van der Waals surface area (Å²) in [6.07, 6.45) is -3.24. The first kappa shape index (κ1) is 20.0. The van der Waals surface area contributed by atoms with Gasteiger partial charge in [0.05, 0.1) is 10.9 Å². The molecule has 12 heteroatoms. The summed E-state index contributed by atoms with van der Waals surface area (Å²) in [6, 6.07) is 4.25. The number of nitrogens with zero attached hydrogens (tertiary/aromatic N) is 4. The SMILES string of the molecule is Cc1ccc(-c2cc(C(F)(F)F)on2)cc1S(=O)(=O)N[C@H](C)c1nncn1C. The van der Waals surface area contributed by atoms with Crippen LogP contribution in [0.4, 0.5) is 13.2 Å². The largest absolute Gasteiger partial charge is 0.452 e. The lowest BCUT2D eigenvalue weighted by Gasteiger charge is -2.15. The quantitative estimate of drug-likeness (QED) is 0.687. The van der Waals surface area contributed by atoms with Gasteiger partial charge in [-0.15, -0.1) is 10.2 Å². The van der Waals surface area contributed by atoms with E-state index in [1.165, 1.54) is 24.5 Å². The normalized spacial score (nSPS) is 13.6. The van der Waals surface area contributed by atoms with Crippen molar-refractivity contribution in [2.75, 3.05) is 0 Å². The van der Waals surface area contributed by atoms with Crippen molar-refractivity contribution >= 4 is 10.0 Å². The number of hydrogen-bond acceptors (Lipinski definition) is 6. The molecular weight excluding hydrogens is 399 g/mol. The molecule has 3 aromatic rings. The van der Waals surface area contributed by atoms with E-state index in [0.29, 0.717) is 11.4 Å². The Bertz CT molecular complexity index is 1100. The Balaban J connectivity index is 1.94. The Morgan fingerprint density at radius 1 is 1.25 bits per heavy atom. The summed E-state index contributed by atoms with van der Waals surface area (Å²) in [7, 11) is -2.32. The molecule has 0 radical (unpaired) electrons. The standard InChI is InChI=1S/C16H16F3N5O3S/c1-9-4-5-11(12-7-14(27-22-12)16(17,18)19)6-13(9)28(25,26)23-10(2)15-21-20-8-24(15)3/h4-8,10,23H,1-3H3/t10-/m1/s1. The summed E-state index contributed by atoms with van der Waals surface area (Å²) < 4.78 is 72.1. The minimum atomic E-state index is -4.68. The second kappa shape index (κ2) is 7.02. The summed E-state index contributed by atoms with van der Waals surface area (Å²) in [4.78, 5) is -0.0874. The van der Waals surface area contributed by atoms with E-state index in [0.717, 1.165) is 6.07 Å². The summed E-state index contributed by atoms with van der Waals surface area (Å²) in [5.74, 6) is -0.856. The molecule has 1 atom stereocenters. The maximum absolute atomic E-state index is 12.8. The Hall–Kier alpha value is -2.73. The number of aromatic nitrogens is 4. The van der Waals surface area contributed by atoms with Crippen LogP contribution < -0.4 is 4.72 Å². The molecule has 1 aromatic carbocycles. The highest BCUT2D eigenvalue weighted by molar-refractivity contribution is 7.89. The van der Waals surface area contributed by atoms with Gasteiger partial charge in [0.2, 0.25) is 15.8 Å². The van der Waals surface area contributed by atoms with Crippen LogP contribution in [0.3, 0.4) is 0 Å². The Morgan fingerprint density at radius 3 is 2.54 bits per heavy atom. The fourth-order valence-electron chi connectivity index (χ4n) is 2.63. The predicted octanol–water partition coefficient (Wildman–Crippen LogP) is 2.84. The van der Waals surface area contributed by atoms with E-state index in [-0.39, 0.29) is 16.2 Å². The van der Waals surface area contributed by atoms with Gasteiger partial charge in [0, 0.05) is 18.7 Å². The lowest BCUT2D eigenvalue weighted by molar-refractivity contribution is -0.155. The van der Waals surface area contributed by atoms with Crippen molar-refractivity contribution in [1.29, 1.82) is 0 Å². The molecule has 3 rings (SSSR count). The van der Waals surface area contributed by atoms with Crippen LogP contribution in [0.15, 0.2) is 40.0 Å². The monoisotopic (exact) mass is 415 g/mol. The Morgan fingerprint density at radius 2 is 1.96 bits per heavy atom. The van der Waals surface area contributed by atoms with Crippen molar-refractivity contribution in [3.8, 4) is 11.3 Å². The number of sulfonamides is 1. The van der Waals surface area contributed by atoms with Gasteiger partial charge in [-0.05, 0) is 25.5 Å². The van der Waals surface area contributed by atoms with E-state index in [2.05, 4.69) is 24.6 Å². The van der Waals surface area contributed by atoms with Crippen molar-refractivity contribution in [2.45, 2.75) is 31.0 Å². The van der Waals surface area contributed by atoms with Crippen LogP contribution in [0.25, 0.3) is 11.3 Å². The fourth-order valence-corrected chi connectivity index (χ4v) is 4.10. The lowest BCUT2D eigenvalue weighted by Crippen LogP contribution is -2.29. The molecular formula is C16H16F3N5O3S. The van der Waals surface area contributed by atoms with E-state index >= 15 is 0 Å². The molecule has 1 N–H and O–H groups in total. The summed E-state index contributed by atoms with van der Waals surface area (Å²) >= 11 is 0. The third-order valence-electron chi connectivity index (χ3n) is 4.03. The van der Waals surface area contributed by atoms with E-state index in [1.807, 2.05) is 0 Å². The third-order valence-corrected chi connectivity index (χ3v) is 5.71. The average Bonchev–Trinajstić information content (AvgIpc) is 3.23. The zero-order chi connectivity index (χ0) is 20.7. The first-order valence-electron chi connectivity index (χ1n) is 8.00. The zero-order valence-electron chi connectivity index (χ0n) is 15.0. The molecule has 2 heterocycles. The molecule has 0 spiro atoms. The summed E-state index contributed by atoms with van der Waals surface area (Å²) in [5, 5.41) is 11.0. The number of benzene rings is 1. The maximum Gasteiger partial charge on any atom is 0.452 e. The first-order chi connectivity index (χ1) is 13.0. The number of hydrogen-bond donors (Lipinski definition) is 1.